The minimum absolute atomic E-state index is 0.00893. The number of fused-ring (bicyclic) bond motifs is 4. The van der Waals surface area contributed by atoms with E-state index >= 15 is 0 Å². The summed E-state index contributed by atoms with van der Waals surface area (Å²) in [5, 5.41) is 21.1. The number of carbonyl (C=O) groups excluding carboxylic acids is 1. The summed E-state index contributed by atoms with van der Waals surface area (Å²) in [7, 11) is 0. The normalized spacial score (nSPS) is 20.2. The molecule has 0 saturated heterocycles. The summed E-state index contributed by atoms with van der Waals surface area (Å²) in [6, 6.07) is 4.85. The molecule has 2 atom stereocenters. The third-order valence-electron chi connectivity index (χ3n) is 4.90. The highest BCUT2D eigenvalue weighted by Crippen LogP contribution is 2.24. The Morgan fingerprint density at radius 3 is 2.97 bits per heavy atom. The van der Waals surface area contributed by atoms with Crippen LogP contribution in [-0.4, -0.2) is 45.2 Å². The van der Waals surface area contributed by atoms with Gasteiger partial charge in [0.2, 0.25) is 0 Å². The molecule has 3 aromatic rings. The predicted octanol–water partition coefficient (Wildman–Crippen LogP) is 3.04. The Bertz CT molecular complexity index is 1090. The SMILES string of the molecule is CCn1ncc2cc3nc(c21)C[C@@H](O)COC[C@H](c1ccc(Cl)c(F)c1)NC(=O)N3. The molecule has 0 fully saturated rings. The van der Waals surface area contributed by atoms with E-state index in [9.17, 15) is 14.3 Å². The number of amides is 2. The number of aromatic nitrogens is 3. The topological polar surface area (TPSA) is 101 Å². The van der Waals surface area contributed by atoms with E-state index in [1.165, 1.54) is 12.1 Å². The molecule has 2 aromatic heterocycles. The Hall–Kier alpha value is -2.75. The molecule has 2 bridgehead atoms. The fourth-order valence-electron chi connectivity index (χ4n) is 3.51. The summed E-state index contributed by atoms with van der Waals surface area (Å²) in [6.45, 7) is 2.70. The molecule has 0 aliphatic carbocycles. The second-order valence-electron chi connectivity index (χ2n) is 7.07. The number of carbonyl (C=O) groups is 1. The molecule has 3 N–H and O–H groups in total. The number of halogens is 2. The number of pyridine rings is 1. The van der Waals surface area contributed by atoms with Gasteiger partial charge in [0.05, 0.1) is 47.8 Å². The van der Waals surface area contributed by atoms with Crippen LogP contribution in [0.5, 0.6) is 0 Å². The van der Waals surface area contributed by atoms with E-state index < -0.39 is 24.0 Å². The number of ether oxygens (including phenoxy) is 1. The minimum atomic E-state index is -0.811. The molecule has 3 heterocycles. The maximum absolute atomic E-state index is 13.9. The molecule has 158 valence electrons. The number of hydrogen-bond acceptors (Lipinski definition) is 5. The zero-order valence-corrected chi connectivity index (χ0v) is 17.0. The maximum atomic E-state index is 13.9. The maximum Gasteiger partial charge on any atom is 0.320 e. The highest BCUT2D eigenvalue weighted by atomic mass is 35.5. The monoisotopic (exact) mass is 433 g/mol. The molecule has 0 spiro atoms. The molecule has 0 radical (unpaired) electrons. The molecule has 0 unspecified atom stereocenters. The van der Waals surface area contributed by atoms with Crippen LogP contribution >= 0.6 is 11.6 Å². The molecule has 0 saturated carbocycles. The molecule has 10 heteroatoms. The molecule has 2 amide bonds. The number of rotatable bonds is 2. The number of aliphatic hydroxyl groups excluding tert-OH is 1. The minimum Gasteiger partial charge on any atom is -0.390 e. The van der Waals surface area contributed by atoms with Gasteiger partial charge >= 0.3 is 6.03 Å². The van der Waals surface area contributed by atoms with Gasteiger partial charge in [0.1, 0.15) is 11.6 Å². The van der Waals surface area contributed by atoms with Gasteiger partial charge in [-0.25, -0.2) is 14.2 Å². The standard InChI is InChI=1S/C20H21ClFN5O3/c1-2-27-19-12(8-23-27)6-18-24-16(19)7-13(28)9-30-10-17(25-20(29)26-18)11-3-4-14(21)15(22)5-11/h3-6,8,13,17,28H,2,7,9-10H2,1H3,(H2,24,25,26,29)/t13-,17-/m1/s1. The summed E-state index contributed by atoms with van der Waals surface area (Å²) < 4.78 is 21.3. The zero-order chi connectivity index (χ0) is 21.3. The number of hydrogen-bond donors (Lipinski definition) is 3. The van der Waals surface area contributed by atoms with E-state index in [0.717, 1.165) is 10.9 Å². The number of aliphatic hydroxyl groups is 1. The van der Waals surface area contributed by atoms with Gasteiger partial charge in [0.25, 0.3) is 0 Å². The van der Waals surface area contributed by atoms with Crippen molar-refractivity contribution in [2.24, 2.45) is 0 Å². The van der Waals surface area contributed by atoms with Crippen molar-refractivity contribution in [1.29, 1.82) is 0 Å². The number of anilines is 1. The summed E-state index contributed by atoms with van der Waals surface area (Å²) in [4.78, 5) is 17.1. The van der Waals surface area contributed by atoms with Crippen LogP contribution in [-0.2, 0) is 17.7 Å². The average molecular weight is 434 g/mol. The second-order valence-corrected chi connectivity index (χ2v) is 7.48. The number of aryl methyl sites for hydroxylation is 1. The van der Waals surface area contributed by atoms with E-state index in [2.05, 4.69) is 20.7 Å². The van der Waals surface area contributed by atoms with Gasteiger partial charge in [-0.3, -0.25) is 10.00 Å². The molecule has 8 nitrogen and oxygen atoms in total. The Morgan fingerprint density at radius 1 is 1.37 bits per heavy atom. The van der Waals surface area contributed by atoms with Crippen LogP contribution < -0.4 is 10.6 Å². The van der Waals surface area contributed by atoms with Crippen LogP contribution in [0.4, 0.5) is 15.0 Å². The first kappa shape index (κ1) is 20.5. The van der Waals surface area contributed by atoms with Crippen LogP contribution in [0.15, 0.2) is 30.5 Å². The van der Waals surface area contributed by atoms with Gasteiger partial charge in [-0.2, -0.15) is 5.10 Å². The van der Waals surface area contributed by atoms with E-state index in [0.29, 0.717) is 23.6 Å². The van der Waals surface area contributed by atoms with E-state index in [-0.39, 0.29) is 24.7 Å². The van der Waals surface area contributed by atoms with Crippen LogP contribution in [0.25, 0.3) is 10.9 Å². The van der Waals surface area contributed by atoms with Gasteiger partial charge in [-0.15, -0.1) is 0 Å². The van der Waals surface area contributed by atoms with Crippen molar-refractivity contribution < 1.29 is 19.0 Å². The lowest BCUT2D eigenvalue weighted by Crippen LogP contribution is -2.36. The summed E-state index contributed by atoms with van der Waals surface area (Å²) in [6.07, 6.45) is 1.12. The lowest BCUT2D eigenvalue weighted by Gasteiger charge is -2.22. The second kappa shape index (κ2) is 8.55. The Labute approximate surface area is 177 Å². The molecular formula is C20H21ClFN5O3. The molecular weight excluding hydrogens is 413 g/mol. The van der Waals surface area contributed by atoms with Crippen molar-refractivity contribution in [1.82, 2.24) is 20.1 Å². The zero-order valence-electron chi connectivity index (χ0n) is 16.2. The van der Waals surface area contributed by atoms with Crippen molar-refractivity contribution in [2.45, 2.75) is 32.0 Å². The van der Waals surface area contributed by atoms with Gasteiger partial charge < -0.3 is 15.2 Å². The third kappa shape index (κ3) is 4.23. The average Bonchev–Trinajstić information content (AvgIpc) is 3.12. The van der Waals surface area contributed by atoms with Crippen LogP contribution in [0, 0.1) is 5.82 Å². The van der Waals surface area contributed by atoms with Gasteiger partial charge in [0.15, 0.2) is 0 Å². The van der Waals surface area contributed by atoms with E-state index in [1.54, 1.807) is 23.0 Å². The molecule has 1 aromatic carbocycles. The highest BCUT2D eigenvalue weighted by molar-refractivity contribution is 6.30. The third-order valence-corrected chi connectivity index (χ3v) is 5.21. The van der Waals surface area contributed by atoms with Crippen molar-refractivity contribution in [3.8, 4) is 0 Å². The van der Waals surface area contributed by atoms with Crippen LogP contribution in [0.3, 0.4) is 0 Å². The molecule has 1 aliphatic heterocycles. The number of nitrogens with zero attached hydrogens (tertiary/aromatic N) is 3. The summed E-state index contributed by atoms with van der Waals surface area (Å²) >= 11 is 5.76. The van der Waals surface area contributed by atoms with Crippen molar-refractivity contribution >= 4 is 34.4 Å². The number of nitrogens with one attached hydrogen (secondary N) is 2. The van der Waals surface area contributed by atoms with E-state index in [1.807, 2.05) is 6.92 Å². The fraction of sp³-hybridized carbons (Fsp3) is 0.350. The van der Waals surface area contributed by atoms with Crippen molar-refractivity contribution in [3.05, 3.63) is 52.6 Å². The van der Waals surface area contributed by atoms with Gasteiger partial charge in [-0.1, -0.05) is 17.7 Å². The van der Waals surface area contributed by atoms with Crippen LogP contribution in [0.2, 0.25) is 5.02 Å². The highest BCUT2D eigenvalue weighted by Gasteiger charge is 2.21. The largest absolute Gasteiger partial charge is 0.390 e. The molecule has 30 heavy (non-hydrogen) atoms. The quantitative estimate of drug-likeness (QED) is 0.576. The van der Waals surface area contributed by atoms with Crippen molar-refractivity contribution in [2.75, 3.05) is 18.5 Å². The summed E-state index contributed by atoms with van der Waals surface area (Å²) in [5.41, 5.74) is 1.93. The number of benzene rings is 1. The first-order valence-electron chi connectivity index (χ1n) is 9.58. The van der Waals surface area contributed by atoms with Gasteiger partial charge in [-0.05, 0) is 30.7 Å². The Morgan fingerprint density at radius 2 is 2.20 bits per heavy atom. The van der Waals surface area contributed by atoms with Crippen LogP contribution in [0.1, 0.15) is 24.2 Å². The predicted molar refractivity (Wildman–Crippen MR) is 110 cm³/mol. The smallest absolute Gasteiger partial charge is 0.320 e. The first-order valence-corrected chi connectivity index (χ1v) is 9.96. The Balaban J connectivity index is 1.67. The van der Waals surface area contributed by atoms with Crippen molar-refractivity contribution in [3.63, 3.8) is 0 Å². The first-order chi connectivity index (χ1) is 14.4. The lowest BCUT2D eigenvalue weighted by molar-refractivity contribution is 0.0283. The lowest BCUT2D eigenvalue weighted by atomic mass is 10.1. The number of urea groups is 1. The van der Waals surface area contributed by atoms with Gasteiger partial charge in [0, 0.05) is 18.4 Å². The molecule has 1 aliphatic rings. The molecule has 4 rings (SSSR count). The summed E-state index contributed by atoms with van der Waals surface area (Å²) in [5.74, 6) is -0.257. The fourth-order valence-corrected chi connectivity index (χ4v) is 3.63. The Kier molecular flexibility index (Phi) is 5.85. The van der Waals surface area contributed by atoms with E-state index in [4.69, 9.17) is 16.3 Å².